The molecule has 1 amide bonds. The fourth-order valence-electron chi connectivity index (χ4n) is 3.85. The second-order valence-electron chi connectivity index (χ2n) is 7.86. The number of ether oxygens (including phenoxy) is 1. The zero-order valence-corrected chi connectivity index (χ0v) is 19.0. The first-order valence-electron chi connectivity index (χ1n) is 10.6. The van der Waals surface area contributed by atoms with E-state index in [2.05, 4.69) is 21.0 Å². The number of rotatable bonds is 10. The van der Waals surface area contributed by atoms with Gasteiger partial charge in [0.25, 0.3) is 5.91 Å². The average molecular weight is 446 g/mol. The minimum Gasteiger partial charge on any atom is -0.497 e. The van der Waals surface area contributed by atoms with Gasteiger partial charge in [0.1, 0.15) is 5.75 Å². The van der Waals surface area contributed by atoms with Crippen molar-refractivity contribution in [3.63, 3.8) is 0 Å². The number of hydrogen-bond acceptors (Lipinski definition) is 5. The average Bonchev–Trinajstić information content (AvgIpc) is 3.28. The fourth-order valence-corrected chi connectivity index (χ4v) is 4.33. The summed E-state index contributed by atoms with van der Waals surface area (Å²) in [6, 6.07) is 15.4. The van der Waals surface area contributed by atoms with Crippen molar-refractivity contribution in [3.05, 3.63) is 65.2 Å². The summed E-state index contributed by atoms with van der Waals surface area (Å²) < 4.78 is 30.1. The number of carbonyl (C=O) groups is 1. The molecular weight excluding hydrogens is 414 g/mol. The van der Waals surface area contributed by atoms with Gasteiger partial charge in [0.05, 0.1) is 19.4 Å². The maximum Gasteiger partial charge on any atom is 0.251 e. The Bertz CT molecular complexity index is 971. The molecule has 2 N–H and O–H groups in total. The molecule has 0 bridgehead atoms. The molecular formula is C23H31N3O4S. The SMILES string of the molecule is COc1cccc(C(CNC(=O)c2ccc(CCNS(C)(=O)=O)cc2)N2CCCC2)c1. The Morgan fingerprint density at radius 2 is 1.84 bits per heavy atom. The molecule has 2 aromatic carbocycles. The van der Waals surface area contributed by atoms with Crippen LogP contribution in [0, 0.1) is 0 Å². The maximum atomic E-state index is 12.7. The van der Waals surface area contributed by atoms with Crippen LogP contribution in [0.25, 0.3) is 0 Å². The van der Waals surface area contributed by atoms with Gasteiger partial charge in [0.15, 0.2) is 0 Å². The molecule has 1 unspecified atom stereocenters. The maximum absolute atomic E-state index is 12.7. The van der Waals surface area contributed by atoms with Crippen LogP contribution in [0.2, 0.25) is 0 Å². The highest BCUT2D eigenvalue weighted by Crippen LogP contribution is 2.27. The van der Waals surface area contributed by atoms with E-state index in [4.69, 9.17) is 4.74 Å². The molecule has 1 atom stereocenters. The Hall–Kier alpha value is -2.42. The summed E-state index contributed by atoms with van der Waals surface area (Å²) in [5.41, 5.74) is 2.69. The van der Waals surface area contributed by atoms with Crippen molar-refractivity contribution in [3.8, 4) is 5.75 Å². The van der Waals surface area contributed by atoms with E-state index < -0.39 is 10.0 Å². The molecule has 8 heteroatoms. The van der Waals surface area contributed by atoms with Crippen molar-refractivity contribution in [1.82, 2.24) is 14.9 Å². The number of amides is 1. The third-order valence-electron chi connectivity index (χ3n) is 5.51. The van der Waals surface area contributed by atoms with Gasteiger partial charge >= 0.3 is 0 Å². The van der Waals surface area contributed by atoms with Gasteiger partial charge < -0.3 is 10.1 Å². The Morgan fingerprint density at radius 1 is 1.13 bits per heavy atom. The number of methoxy groups -OCH3 is 1. The Kier molecular flexibility index (Phi) is 8.06. The van der Waals surface area contributed by atoms with E-state index in [0.717, 1.165) is 36.2 Å². The van der Waals surface area contributed by atoms with Gasteiger partial charge in [-0.2, -0.15) is 0 Å². The standard InChI is InChI=1S/C23H31N3O4S/c1-30-21-7-5-6-20(16-21)22(26-14-3-4-15-26)17-24-23(27)19-10-8-18(9-11-19)12-13-25-31(2,28)29/h5-11,16,22,25H,3-4,12-15,17H2,1-2H3,(H,24,27). The van der Waals surface area contributed by atoms with E-state index in [1.165, 1.54) is 12.8 Å². The molecule has 1 heterocycles. The normalized spacial score (nSPS) is 15.5. The molecule has 2 aromatic rings. The van der Waals surface area contributed by atoms with E-state index in [-0.39, 0.29) is 11.9 Å². The number of carbonyl (C=O) groups excluding carboxylic acids is 1. The van der Waals surface area contributed by atoms with Crippen molar-refractivity contribution >= 4 is 15.9 Å². The second kappa shape index (κ2) is 10.7. The molecule has 0 aromatic heterocycles. The Morgan fingerprint density at radius 3 is 2.48 bits per heavy atom. The number of likely N-dealkylation sites (tertiary alicyclic amines) is 1. The van der Waals surface area contributed by atoms with Crippen LogP contribution in [0.4, 0.5) is 0 Å². The third-order valence-corrected chi connectivity index (χ3v) is 6.24. The topological polar surface area (TPSA) is 87.7 Å². The first-order chi connectivity index (χ1) is 14.9. The molecule has 1 aliphatic rings. The molecule has 0 aliphatic carbocycles. The lowest BCUT2D eigenvalue weighted by atomic mass is 10.0. The molecule has 3 rings (SSSR count). The highest BCUT2D eigenvalue weighted by Gasteiger charge is 2.24. The lowest BCUT2D eigenvalue weighted by Crippen LogP contribution is -2.36. The van der Waals surface area contributed by atoms with Gasteiger partial charge in [0, 0.05) is 18.7 Å². The van der Waals surface area contributed by atoms with Crippen LogP contribution in [0.3, 0.4) is 0 Å². The zero-order valence-electron chi connectivity index (χ0n) is 18.1. The molecule has 1 fully saturated rings. The highest BCUT2D eigenvalue weighted by atomic mass is 32.2. The largest absolute Gasteiger partial charge is 0.497 e. The molecule has 168 valence electrons. The van der Waals surface area contributed by atoms with Gasteiger partial charge in [-0.25, -0.2) is 13.1 Å². The summed E-state index contributed by atoms with van der Waals surface area (Å²) in [7, 11) is -1.53. The predicted octanol–water partition coefficient (Wildman–Crippen LogP) is 2.35. The van der Waals surface area contributed by atoms with Crippen molar-refractivity contribution in [1.29, 1.82) is 0 Å². The molecule has 0 radical (unpaired) electrons. The fraction of sp³-hybridized carbons (Fsp3) is 0.435. The third kappa shape index (κ3) is 7.05. The van der Waals surface area contributed by atoms with Crippen LogP contribution in [0.1, 0.15) is 40.4 Å². The van der Waals surface area contributed by atoms with Gasteiger partial charge in [0.2, 0.25) is 10.0 Å². The minimum atomic E-state index is -3.19. The summed E-state index contributed by atoms with van der Waals surface area (Å²) in [4.78, 5) is 15.1. The molecule has 1 aliphatic heterocycles. The molecule has 0 spiro atoms. The van der Waals surface area contributed by atoms with Crippen LogP contribution < -0.4 is 14.8 Å². The van der Waals surface area contributed by atoms with Crippen molar-refractivity contribution < 1.29 is 17.9 Å². The summed E-state index contributed by atoms with van der Waals surface area (Å²) in [5, 5.41) is 3.08. The molecule has 1 saturated heterocycles. The van der Waals surface area contributed by atoms with E-state index in [9.17, 15) is 13.2 Å². The summed E-state index contributed by atoms with van der Waals surface area (Å²) in [6.45, 7) is 2.90. The van der Waals surface area contributed by atoms with E-state index in [0.29, 0.717) is 25.1 Å². The van der Waals surface area contributed by atoms with Crippen molar-refractivity contribution in [2.45, 2.75) is 25.3 Å². The van der Waals surface area contributed by atoms with E-state index in [1.807, 2.05) is 30.3 Å². The number of hydrogen-bond donors (Lipinski definition) is 2. The first kappa shape index (κ1) is 23.2. The van der Waals surface area contributed by atoms with Gasteiger partial charge in [-0.1, -0.05) is 24.3 Å². The number of sulfonamides is 1. The van der Waals surface area contributed by atoms with E-state index >= 15 is 0 Å². The smallest absolute Gasteiger partial charge is 0.251 e. The van der Waals surface area contributed by atoms with Crippen LogP contribution in [-0.4, -0.2) is 58.8 Å². The number of nitrogens with one attached hydrogen (secondary N) is 2. The Labute approximate surface area is 184 Å². The van der Waals surface area contributed by atoms with Crippen molar-refractivity contribution in [2.24, 2.45) is 0 Å². The van der Waals surface area contributed by atoms with Gasteiger partial charge in [-0.05, 0) is 67.7 Å². The van der Waals surface area contributed by atoms with Crippen LogP contribution in [0.5, 0.6) is 5.75 Å². The van der Waals surface area contributed by atoms with Crippen molar-refractivity contribution in [2.75, 3.05) is 39.5 Å². The van der Waals surface area contributed by atoms with Crippen LogP contribution >= 0.6 is 0 Å². The zero-order chi connectivity index (χ0) is 22.3. The highest BCUT2D eigenvalue weighted by molar-refractivity contribution is 7.88. The summed E-state index contributed by atoms with van der Waals surface area (Å²) >= 11 is 0. The molecule has 7 nitrogen and oxygen atoms in total. The lowest BCUT2D eigenvalue weighted by molar-refractivity contribution is 0.0938. The molecule has 0 saturated carbocycles. The Balaban J connectivity index is 1.61. The van der Waals surface area contributed by atoms with E-state index in [1.54, 1.807) is 19.2 Å². The van der Waals surface area contributed by atoms with Crippen LogP contribution in [-0.2, 0) is 16.4 Å². The second-order valence-corrected chi connectivity index (χ2v) is 9.69. The van der Waals surface area contributed by atoms with Gasteiger partial charge in [-0.3, -0.25) is 9.69 Å². The minimum absolute atomic E-state index is 0.0999. The summed E-state index contributed by atoms with van der Waals surface area (Å²) in [5.74, 6) is 0.696. The summed E-state index contributed by atoms with van der Waals surface area (Å²) in [6.07, 6.45) is 4.05. The quantitative estimate of drug-likeness (QED) is 0.586. The number of benzene rings is 2. The van der Waals surface area contributed by atoms with Gasteiger partial charge in [-0.15, -0.1) is 0 Å². The van der Waals surface area contributed by atoms with Crippen LogP contribution in [0.15, 0.2) is 48.5 Å². The predicted molar refractivity (Wildman–Crippen MR) is 122 cm³/mol. The number of nitrogens with zero attached hydrogens (tertiary/aromatic N) is 1. The monoisotopic (exact) mass is 445 g/mol. The first-order valence-corrected chi connectivity index (χ1v) is 12.4. The lowest BCUT2D eigenvalue weighted by Gasteiger charge is -2.28. The molecule has 31 heavy (non-hydrogen) atoms.